The molecule has 6 heteroatoms. The van der Waals surface area contributed by atoms with Crippen LogP contribution in [0.1, 0.15) is 41.8 Å². The summed E-state index contributed by atoms with van der Waals surface area (Å²) < 4.78 is 27.4. The zero-order valence-corrected chi connectivity index (χ0v) is 16.1. The highest BCUT2D eigenvalue weighted by molar-refractivity contribution is 7.89. The minimum atomic E-state index is -3.64. The summed E-state index contributed by atoms with van der Waals surface area (Å²) in [6.07, 6.45) is 1.85. The van der Waals surface area contributed by atoms with Crippen LogP contribution >= 0.6 is 0 Å². The molecule has 0 saturated heterocycles. The average Bonchev–Trinajstić information content (AvgIpc) is 2.60. The monoisotopic (exact) mass is 372 g/mol. The zero-order valence-electron chi connectivity index (χ0n) is 15.3. The number of hydrogen-bond donors (Lipinski definition) is 1. The van der Waals surface area contributed by atoms with Gasteiger partial charge in [-0.25, -0.2) is 13.1 Å². The van der Waals surface area contributed by atoms with Gasteiger partial charge in [0, 0.05) is 18.2 Å². The van der Waals surface area contributed by atoms with Gasteiger partial charge >= 0.3 is 0 Å². The van der Waals surface area contributed by atoms with Crippen LogP contribution in [0.3, 0.4) is 0 Å². The number of fused-ring (bicyclic) bond motifs is 1. The van der Waals surface area contributed by atoms with Crippen LogP contribution in [-0.2, 0) is 16.4 Å². The van der Waals surface area contributed by atoms with Crippen molar-refractivity contribution in [1.29, 1.82) is 0 Å². The molecule has 26 heavy (non-hydrogen) atoms. The average molecular weight is 372 g/mol. The van der Waals surface area contributed by atoms with E-state index in [0.717, 1.165) is 29.7 Å². The van der Waals surface area contributed by atoms with Crippen molar-refractivity contribution >= 4 is 21.6 Å². The topological polar surface area (TPSA) is 66.5 Å². The Bertz CT molecular complexity index is 936. The number of nitrogens with one attached hydrogen (secondary N) is 1. The van der Waals surface area contributed by atoms with Crippen LogP contribution in [0.5, 0.6) is 0 Å². The molecule has 1 amide bonds. The van der Waals surface area contributed by atoms with Gasteiger partial charge in [0.1, 0.15) is 0 Å². The van der Waals surface area contributed by atoms with E-state index >= 15 is 0 Å². The molecule has 0 fully saturated rings. The second kappa shape index (κ2) is 7.21. The van der Waals surface area contributed by atoms with Crippen molar-refractivity contribution in [3.63, 3.8) is 0 Å². The first-order chi connectivity index (χ1) is 12.3. The SMILES string of the molecule is Cc1cccc2c1N(C(=O)c1cccc(S(=O)(=O)NC(C)C)c1)CCC2. The van der Waals surface area contributed by atoms with E-state index in [1.807, 2.05) is 19.1 Å². The maximum absolute atomic E-state index is 13.1. The van der Waals surface area contributed by atoms with Gasteiger partial charge in [0.15, 0.2) is 0 Å². The molecular formula is C20H24N2O3S. The second-order valence-corrected chi connectivity index (χ2v) is 8.66. The van der Waals surface area contributed by atoms with Gasteiger partial charge in [-0.05, 0) is 62.9 Å². The van der Waals surface area contributed by atoms with Crippen LogP contribution in [0.2, 0.25) is 0 Å². The zero-order chi connectivity index (χ0) is 18.9. The molecule has 0 unspecified atom stereocenters. The molecule has 3 rings (SSSR count). The minimum Gasteiger partial charge on any atom is -0.308 e. The molecule has 0 bridgehead atoms. The summed E-state index contributed by atoms with van der Waals surface area (Å²) in [5.41, 5.74) is 3.56. The number of carbonyl (C=O) groups excluding carboxylic acids is 1. The predicted octanol–water partition coefficient (Wildman–Crippen LogP) is 3.27. The Hall–Kier alpha value is -2.18. The van der Waals surface area contributed by atoms with Crippen LogP contribution in [0, 0.1) is 6.92 Å². The number of anilines is 1. The van der Waals surface area contributed by atoms with Gasteiger partial charge in [-0.15, -0.1) is 0 Å². The van der Waals surface area contributed by atoms with Gasteiger partial charge in [-0.1, -0.05) is 24.3 Å². The van der Waals surface area contributed by atoms with Crippen LogP contribution in [0.4, 0.5) is 5.69 Å². The van der Waals surface area contributed by atoms with Gasteiger partial charge in [0.05, 0.1) is 10.6 Å². The van der Waals surface area contributed by atoms with Crippen molar-refractivity contribution in [1.82, 2.24) is 4.72 Å². The lowest BCUT2D eigenvalue weighted by atomic mass is 9.97. The second-order valence-electron chi connectivity index (χ2n) is 6.95. The molecule has 0 spiro atoms. The normalized spacial score (nSPS) is 14.4. The number of para-hydroxylation sites is 1. The van der Waals surface area contributed by atoms with Crippen molar-refractivity contribution < 1.29 is 13.2 Å². The van der Waals surface area contributed by atoms with Gasteiger partial charge in [-0.3, -0.25) is 4.79 Å². The van der Waals surface area contributed by atoms with E-state index in [1.54, 1.807) is 30.9 Å². The minimum absolute atomic E-state index is 0.110. The Morgan fingerprint density at radius 2 is 1.88 bits per heavy atom. The molecule has 2 aromatic rings. The van der Waals surface area contributed by atoms with E-state index in [0.29, 0.717) is 12.1 Å². The quantitative estimate of drug-likeness (QED) is 0.896. The van der Waals surface area contributed by atoms with Gasteiger partial charge in [0.25, 0.3) is 5.91 Å². The molecule has 1 heterocycles. The van der Waals surface area contributed by atoms with Gasteiger partial charge < -0.3 is 4.90 Å². The number of amides is 1. The van der Waals surface area contributed by atoms with E-state index in [9.17, 15) is 13.2 Å². The largest absolute Gasteiger partial charge is 0.308 e. The third kappa shape index (κ3) is 3.66. The number of rotatable bonds is 4. The number of benzene rings is 2. The molecule has 2 aromatic carbocycles. The molecule has 0 saturated carbocycles. The number of aryl methyl sites for hydroxylation is 2. The standard InChI is InChI=1S/C20H24N2O3S/c1-14(2)21-26(24,25)18-11-5-9-17(13-18)20(23)22-12-6-10-16-8-4-7-15(3)19(16)22/h4-5,7-9,11,13-14,21H,6,10,12H2,1-3H3. The first kappa shape index (κ1) is 18.6. The van der Waals surface area contributed by atoms with Crippen LogP contribution in [0.15, 0.2) is 47.4 Å². The Morgan fingerprint density at radius 3 is 2.62 bits per heavy atom. The number of hydrogen-bond acceptors (Lipinski definition) is 3. The Labute approximate surface area is 155 Å². The van der Waals surface area contributed by atoms with Crippen LogP contribution < -0.4 is 9.62 Å². The van der Waals surface area contributed by atoms with E-state index < -0.39 is 10.0 Å². The molecular weight excluding hydrogens is 348 g/mol. The molecule has 0 aliphatic carbocycles. The first-order valence-corrected chi connectivity index (χ1v) is 10.3. The molecule has 5 nitrogen and oxygen atoms in total. The Kier molecular flexibility index (Phi) is 5.16. The lowest BCUT2D eigenvalue weighted by Gasteiger charge is -2.31. The highest BCUT2D eigenvalue weighted by atomic mass is 32.2. The molecule has 138 valence electrons. The third-order valence-electron chi connectivity index (χ3n) is 4.45. The molecule has 1 N–H and O–H groups in total. The Morgan fingerprint density at radius 1 is 1.15 bits per heavy atom. The number of sulfonamides is 1. The Balaban J connectivity index is 1.97. The summed E-state index contributed by atoms with van der Waals surface area (Å²) in [6, 6.07) is 12.1. The third-order valence-corrected chi connectivity index (χ3v) is 6.10. The van der Waals surface area contributed by atoms with Gasteiger partial charge in [0.2, 0.25) is 10.0 Å². The van der Waals surface area contributed by atoms with E-state index in [1.165, 1.54) is 12.1 Å². The lowest BCUT2D eigenvalue weighted by Crippen LogP contribution is -2.36. The van der Waals surface area contributed by atoms with Crippen LogP contribution in [0.25, 0.3) is 0 Å². The molecule has 0 aromatic heterocycles. The van der Waals surface area contributed by atoms with Crippen molar-refractivity contribution in [3.05, 3.63) is 59.2 Å². The number of nitrogens with zero attached hydrogens (tertiary/aromatic N) is 1. The smallest absolute Gasteiger partial charge is 0.258 e. The maximum Gasteiger partial charge on any atom is 0.258 e. The first-order valence-electron chi connectivity index (χ1n) is 8.82. The summed E-state index contributed by atoms with van der Waals surface area (Å²) in [6.45, 7) is 6.16. The highest BCUT2D eigenvalue weighted by Crippen LogP contribution is 2.31. The molecule has 0 radical (unpaired) electrons. The van der Waals surface area contributed by atoms with E-state index in [-0.39, 0.29) is 16.8 Å². The summed E-state index contributed by atoms with van der Waals surface area (Å²) in [5.74, 6) is -0.165. The molecule has 0 atom stereocenters. The summed E-state index contributed by atoms with van der Waals surface area (Å²) in [5, 5.41) is 0. The van der Waals surface area contributed by atoms with Crippen molar-refractivity contribution in [2.45, 2.75) is 44.6 Å². The summed E-state index contributed by atoms with van der Waals surface area (Å²) in [7, 11) is -3.64. The van der Waals surface area contributed by atoms with E-state index in [2.05, 4.69) is 10.8 Å². The fourth-order valence-corrected chi connectivity index (χ4v) is 4.68. The highest BCUT2D eigenvalue weighted by Gasteiger charge is 2.26. The fraction of sp³-hybridized carbons (Fsp3) is 0.350. The number of carbonyl (C=O) groups is 1. The maximum atomic E-state index is 13.1. The van der Waals surface area contributed by atoms with Crippen molar-refractivity contribution in [3.8, 4) is 0 Å². The van der Waals surface area contributed by atoms with Gasteiger partial charge in [-0.2, -0.15) is 0 Å². The molecule has 1 aliphatic heterocycles. The predicted molar refractivity (Wildman–Crippen MR) is 103 cm³/mol. The van der Waals surface area contributed by atoms with E-state index in [4.69, 9.17) is 0 Å². The fourth-order valence-electron chi connectivity index (χ4n) is 3.38. The lowest BCUT2D eigenvalue weighted by molar-refractivity contribution is 0.0984. The van der Waals surface area contributed by atoms with Crippen molar-refractivity contribution in [2.75, 3.05) is 11.4 Å². The molecule has 1 aliphatic rings. The summed E-state index contributed by atoms with van der Waals surface area (Å²) >= 11 is 0. The van der Waals surface area contributed by atoms with Crippen molar-refractivity contribution in [2.24, 2.45) is 0 Å². The van der Waals surface area contributed by atoms with Crippen LogP contribution in [-0.4, -0.2) is 26.9 Å². The summed E-state index contributed by atoms with van der Waals surface area (Å²) in [4.78, 5) is 15.0.